The number of aryl methyl sites for hydroxylation is 1. The molecule has 1 fully saturated rings. The molecule has 3 aromatic rings. The van der Waals surface area contributed by atoms with E-state index < -0.39 is 17.1 Å². The van der Waals surface area contributed by atoms with Crippen molar-refractivity contribution in [2.24, 2.45) is 5.41 Å². The van der Waals surface area contributed by atoms with Gasteiger partial charge in [0.2, 0.25) is 5.95 Å². The molecule has 0 bridgehead atoms. The molecule has 0 aliphatic carbocycles. The molecule has 12 heteroatoms. The summed E-state index contributed by atoms with van der Waals surface area (Å²) >= 11 is 1.33. The van der Waals surface area contributed by atoms with Crippen molar-refractivity contribution in [2.45, 2.75) is 52.9 Å². The SMILES string of the molecule is Cc1cc(Nc2nc3c(c(-c4cnn(CC5(C#N)COC5)c4)n2)CN(C(=O)OC(C)(C)C)C3)sn1. The molecular formula is C23H26N8O3S. The number of amides is 1. The molecule has 2 aliphatic rings. The molecule has 0 saturated carbocycles. The number of rotatable bonds is 5. The van der Waals surface area contributed by atoms with Crippen LogP contribution in [0.2, 0.25) is 0 Å². The topological polar surface area (TPSA) is 131 Å². The largest absolute Gasteiger partial charge is 0.444 e. The zero-order valence-corrected chi connectivity index (χ0v) is 20.8. The van der Waals surface area contributed by atoms with Crippen molar-refractivity contribution >= 4 is 28.6 Å². The Morgan fingerprint density at radius 1 is 1.34 bits per heavy atom. The van der Waals surface area contributed by atoms with Crippen molar-refractivity contribution in [2.75, 3.05) is 18.5 Å². The fourth-order valence-corrected chi connectivity index (χ4v) is 4.62. The summed E-state index contributed by atoms with van der Waals surface area (Å²) in [6.07, 6.45) is 3.20. The first-order valence-electron chi connectivity index (χ1n) is 11.2. The quantitative estimate of drug-likeness (QED) is 0.565. The number of nitrogens with zero attached hydrogens (tertiary/aromatic N) is 7. The first kappa shape index (κ1) is 23.2. The second kappa shape index (κ2) is 8.58. The van der Waals surface area contributed by atoms with Gasteiger partial charge >= 0.3 is 6.09 Å². The van der Waals surface area contributed by atoms with Gasteiger partial charge in [-0.05, 0) is 45.3 Å². The summed E-state index contributed by atoms with van der Waals surface area (Å²) in [7, 11) is 0. The van der Waals surface area contributed by atoms with E-state index in [-0.39, 0.29) is 0 Å². The van der Waals surface area contributed by atoms with Gasteiger partial charge in [-0.25, -0.2) is 14.8 Å². The van der Waals surface area contributed by atoms with Crippen LogP contribution in [-0.2, 0) is 29.1 Å². The minimum Gasteiger partial charge on any atom is -0.444 e. The summed E-state index contributed by atoms with van der Waals surface area (Å²) in [4.78, 5) is 23.9. The van der Waals surface area contributed by atoms with E-state index in [4.69, 9.17) is 19.4 Å². The van der Waals surface area contributed by atoms with Crippen LogP contribution < -0.4 is 5.32 Å². The van der Waals surface area contributed by atoms with E-state index >= 15 is 0 Å². The highest BCUT2D eigenvalue weighted by atomic mass is 32.1. The number of ether oxygens (including phenoxy) is 2. The Bertz CT molecular complexity index is 1320. The molecule has 0 radical (unpaired) electrons. The number of nitriles is 1. The fourth-order valence-electron chi connectivity index (χ4n) is 3.96. The minimum absolute atomic E-state index is 0.319. The molecule has 35 heavy (non-hydrogen) atoms. The van der Waals surface area contributed by atoms with Crippen LogP contribution >= 0.6 is 11.5 Å². The van der Waals surface area contributed by atoms with E-state index in [9.17, 15) is 10.1 Å². The highest BCUT2D eigenvalue weighted by Crippen LogP contribution is 2.34. The lowest BCUT2D eigenvalue weighted by atomic mass is 9.88. The van der Waals surface area contributed by atoms with Crippen LogP contribution in [-0.4, -0.2) is 53.9 Å². The number of anilines is 2. The molecule has 3 aromatic heterocycles. The van der Waals surface area contributed by atoms with Gasteiger partial charge in [-0.2, -0.15) is 14.7 Å². The summed E-state index contributed by atoms with van der Waals surface area (Å²) in [5, 5.41) is 18.1. The third-order valence-electron chi connectivity index (χ3n) is 5.66. The Morgan fingerprint density at radius 3 is 2.77 bits per heavy atom. The highest BCUT2D eigenvalue weighted by molar-refractivity contribution is 7.10. The zero-order chi connectivity index (χ0) is 24.8. The van der Waals surface area contributed by atoms with Gasteiger partial charge in [-0.1, -0.05) is 0 Å². The predicted octanol–water partition coefficient (Wildman–Crippen LogP) is 3.64. The average molecular weight is 495 g/mol. The van der Waals surface area contributed by atoms with Gasteiger partial charge in [0, 0.05) is 17.3 Å². The molecule has 0 aromatic carbocycles. The molecular weight excluding hydrogens is 468 g/mol. The van der Waals surface area contributed by atoms with Crippen LogP contribution in [0.5, 0.6) is 0 Å². The second-order valence-corrected chi connectivity index (χ2v) is 10.7. The van der Waals surface area contributed by atoms with Gasteiger partial charge < -0.3 is 14.8 Å². The number of aromatic nitrogens is 5. The van der Waals surface area contributed by atoms with Crippen LogP contribution in [0.15, 0.2) is 18.5 Å². The number of carbonyl (C=O) groups is 1. The molecule has 2 aliphatic heterocycles. The predicted molar refractivity (Wildman–Crippen MR) is 128 cm³/mol. The normalized spacial score (nSPS) is 16.4. The van der Waals surface area contributed by atoms with Gasteiger partial charge in [0.05, 0.1) is 62.2 Å². The molecule has 182 valence electrons. The Hall–Kier alpha value is -3.56. The number of hydrogen-bond acceptors (Lipinski definition) is 10. The lowest BCUT2D eigenvalue weighted by Crippen LogP contribution is -2.44. The number of hydrogen-bond donors (Lipinski definition) is 1. The Labute approximate surface area is 206 Å². The van der Waals surface area contributed by atoms with Crippen molar-refractivity contribution in [3.63, 3.8) is 0 Å². The van der Waals surface area contributed by atoms with Gasteiger partial charge in [-0.15, -0.1) is 0 Å². The molecule has 11 nitrogen and oxygen atoms in total. The summed E-state index contributed by atoms with van der Waals surface area (Å²) in [6, 6.07) is 4.27. The number of carbonyl (C=O) groups excluding carboxylic acids is 1. The van der Waals surface area contributed by atoms with Crippen LogP contribution in [0.1, 0.15) is 37.7 Å². The lowest BCUT2D eigenvalue weighted by Gasteiger charge is -2.34. The van der Waals surface area contributed by atoms with E-state index in [2.05, 4.69) is 20.9 Å². The summed E-state index contributed by atoms with van der Waals surface area (Å²) in [6.45, 7) is 9.33. The van der Waals surface area contributed by atoms with Crippen LogP contribution in [0, 0.1) is 23.7 Å². The van der Waals surface area contributed by atoms with E-state index in [0.29, 0.717) is 44.5 Å². The Balaban J connectivity index is 1.47. The third-order valence-corrected chi connectivity index (χ3v) is 6.46. The van der Waals surface area contributed by atoms with Crippen LogP contribution in [0.4, 0.5) is 15.7 Å². The molecule has 1 amide bonds. The number of fused-ring (bicyclic) bond motifs is 1. The fraction of sp³-hybridized carbons (Fsp3) is 0.478. The van der Waals surface area contributed by atoms with E-state index in [1.165, 1.54) is 11.5 Å². The second-order valence-electron chi connectivity index (χ2n) is 9.93. The standard InChI is InChI=1S/C23H26N8O3S/c1-14-5-18(35-29-14)27-20-26-17-9-30(21(32)34-22(2,3)4)8-16(17)19(28-20)15-6-25-31(7-15)11-23(10-24)12-33-13-23/h5-7H,8-9,11-13H2,1-4H3,(H,26,27,28). The summed E-state index contributed by atoms with van der Waals surface area (Å²) in [5.41, 5.74) is 2.82. The molecule has 5 heterocycles. The minimum atomic E-state index is -0.597. The lowest BCUT2D eigenvalue weighted by molar-refractivity contribution is -0.0870. The summed E-state index contributed by atoms with van der Waals surface area (Å²) in [5.74, 6) is 0.419. The van der Waals surface area contributed by atoms with Crippen LogP contribution in [0.25, 0.3) is 11.3 Å². The monoisotopic (exact) mass is 494 g/mol. The average Bonchev–Trinajstić information content (AvgIpc) is 3.49. The van der Waals surface area contributed by atoms with E-state index in [0.717, 1.165) is 27.5 Å². The molecule has 0 unspecified atom stereocenters. The van der Waals surface area contributed by atoms with Gasteiger partial charge in [0.15, 0.2) is 0 Å². The highest BCUT2D eigenvalue weighted by Gasteiger charge is 2.40. The van der Waals surface area contributed by atoms with E-state index in [1.807, 2.05) is 40.0 Å². The molecule has 5 rings (SSSR count). The van der Waals surface area contributed by atoms with Gasteiger partial charge in [0.25, 0.3) is 0 Å². The first-order chi connectivity index (χ1) is 16.6. The van der Waals surface area contributed by atoms with Gasteiger partial charge in [0.1, 0.15) is 16.0 Å². The maximum absolute atomic E-state index is 12.8. The molecule has 0 atom stereocenters. The van der Waals surface area contributed by atoms with Crippen molar-refractivity contribution < 1.29 is 14.3 Å². The number of nitrogens with one attached hydrogen (secondary N) is 1. The van der Waals surface area contributed by atoms with Crippen molar-refractivity contribution in [1.82, 2.24) is 29.0 Å². The third kappa shape index (κ3) is 4.82. The van der Waals surface area contributed by atoms with Gasteiger partial charge in [-0.3, -0.25) is 9.58 Å². The van der Waals surface area contributed by atoms with Crippen molar-refractivity contribution in [1.29, 1.82) is 5.26 Å². The van der Waals surface area contributed by atoms with Crippen molar-refractivity contribution in [3.8, 4) is 17.3 Å². The molecule has 0 spiro atoms. The Morgan fingerprint density at radius 2 is 2.14 bits per heavy atom. The maximum Gasteiger partial charge on any atom is 0.410 e. The first-order valence-corrected chi connectivity index (χ1v) is 12.0. The smallest absolute Gasteiger partial charge is 0.410 e. The Kier molecular flexibility index (Phi) is 5.69. The van der Waals surface area contributed by atoms with Crippen LogP contribution in [0.3, 0.4) is 0 Å². The molecule has 1 N–H and O–H groups in total. The maximum atomic E-state index is 12.8. The summed E-state index contributed by atoms with van der Waals surface area (Å²) < 4.78 is 16.9. The van der Waals surface area contributed by atoms with Crippen molar-refractivity contribution in [3.05, 3.63) is 35.4 Å². The zero-order valence-electron chi connectivity index (χ0n) is 20.0. The molecule has 1 saturated heterocycles. The van der Waals surface area contributed by atoms with E-state index in [1.54, 1.807) is 15.8 Å².